The van der Waals surface area contributed by atoms with E-state index in [1.807, 2.05) is 50.2 Å². The van der Waals surface area contributed by atoms with E-state index in [9.17, 15) is 13.0 Å². The van der Waals surface area contributed by atoms with Crippen molar-refractivity contribution in [3.63, 3.8) is 0 Å². The van der Waals surface area contributed by atoms with Gasteiger partial charge in [-0.25, -0.2) is 0 Å². The van der Waals surface area contributed by atoms with Crippen molar-refractivity contribution in [3.05, 3.63) is 53.6 Å². The van der Waals surface area contributed by atoms with Crippen LogP contribution in [0, 0.1) is 11.3 Å². The second kappa shape index (κ2) is 5.62. The summed E-state index contributed by atoms with van der Waals surface area (Å²) in [6.45, 7) is 3.92. The molecule has 0 spiro atoms. The fourth-order valence-corrected chi connectivity index (χ4v) is 4.06. The van der Waals surface area contributed by atoms with Gasteiger partial charge in [-0.3, -0.25) is 4.55 Å². The predicted octanol–water partition coefficient (Wildman–Crippen LogP) is 3.53. The molecule has 5 nitrogen and oxygen atoms in total. The molecule has 2 aromatic carbocycles. The molecule has 0 bridgehead atoms. The Bertz CT molecular complexity index is 943. The number of nitrogens with zero attached hydrogens (tertiary/aromatic N) is 1. The third-order valence-electron chi connectivity index (χ3n) is 4.45. The monoisotopic (exact) mass is 342 g/mol. The summed E-state index contributed by atoms with van der Waals surface area (Å²) in [5.74, 6) is 0. The molecule has 0 radical (unpaired) electrons. The fourth-order valence-electron chi connectivity index (χ4n) is 3.16. The number of nitriles is 1. The Morgan fingerprint density at radius 2 is 1.92 bits per heavy atom. The van der Waals surface area contributed by atoms with Gasteiger partial charge in [0.15, 0.2) is 5.37 Å². The van der Waals surface area contributed by atoms with Gasteiger partial charge in [-0.1, -0.05) is 32.0 Å². The van der Waals surface area contributed by atoms with Crippen LogP contribution in [0.5, 0.6) is 0 Å². The van der Waals surface area contributed by atoms with E-state index in [1.54, 1.807) is 6.07 Å². The number of nitrogens with one attached hydrogen (secondary N) is 1. The standard InChI is InChI=1S/C18H18N2O3S/c1-18(2)10-17(24(21,22)23)20-16-7-6-14(9-15(16)18)13-5-3-4-12(8-13)11-19/h3-9,17,20H,10H2,1-2H3,(H,21,22,23). The van der Waals surface area contributed by atoms with Crippen LogP contribution < -0.4 is 5.32 Å². The van der Waals surface area contributed by atoms with Gasteiger partial charge < -0.3 is 5.32 Å². The fraction of sp³-hybridized carbons (Fsp3) is 0.278. The number of rotatable bonds is 2. The van der Waals surface area contributed by atoms with Crippen molar-refractivity contribution in [2.45, 2.75) is 31.1 Å². The summed E-state index contributed by atoms with van der Waals surface area (Å²) >= 11 is 0. The normalized spacial score (nSPS) is 19.0. The summed E-state index contributed by atoms with van der Waals surface area (Å²) in [6, 6.07) is 15.2. The van der Waals surface area contributed by atoms with Crippen LogP contribution in [0.25, 0.3) is 11.1 Å². The van der Waals surface area contributed by atoms with Crippen LogP contribution in [0.3, 0.4) is 0 Å². The van der Waals surface area contributed by atoms with Crippen molar-refractivity contribution in [2.24, 2.45) is 0 Å². The van der Waals surface area contributed by atoms with Crippen LogP contribution in [0.2, 0.25) is 0 Å². The zero-order chi connectivity index (χ0) is 17.5. The molecule has 0 aliphatic carbocycles. The molecular formula is C18H18N2O3S. The molecule has 1 unspecified atom stereocenters. The maximum absolute atomic E-state index is 11.5. The van der Waals surface area contributed by atoms with E-state index in [4.69, 9.17) is 5.26 Å². The molecule has 0 saturated heterocycles. The lowest BCUT2D eigenvalue weighted by Gasteiger charge is -2.37. The van der Waals surface area contributed by atoms with E-state index in [0.717, 1.165) is 16.7 Å². The minimum atomic E-state index is -4.16. The molecule has 1 heterocycles. The zero-order valence-corrected chi connectivity index (χ0v) is 14.3. The molecule has 2 aromatic rings. The first-order valence-electron chi connectivity index (χ1n) is 7.59. The largest absolute Gasteiger partial charge is 0.367 e. The number of anilines is 1. The van der Waals surface area contributed by atoms with Crippen molar-refractivity contribution in [1.29, 1.82) is 5.26 Å². The van der Waals surface area contributed by atoms with Crippen LogP contribution in [0.4, 0.5) is 5.69 Å². The van der Waals surface area contributed by atoms with E-state index < -0.39 is 20.9 Å². The van der Waals surface area contributed by atoms with Crippen molar-refractivity contribution in [1.82, 2.24) is 0 Å². The molecule has 1 aliphatic rings. The smallest absolute Gasteiger partial charge is 0.286 e. The molecule has 3 rings (SSSR count). The highest BCUT2D eigenvalue weighted by Gasteiger charge is 2.38. The molecule has 0 saturated carbocycles. The quantitative estimate of drug-likeness (QED) is 0.815. The summed E-state index contributed by atoms with van der Waals surface area (Å²) in [5.41, 5.74) is 3.77. The van der Waals surface area contributed by atoms with Gasteiger partial charge in [0.05, 0.1) is 11.6 Å². The topological polar surface area (TPSA) is 90.2 Å². The van der Waals surface area contributed by atoms with Gasteiger partial charge in [0.2, 0.25) is 0 Å². The minimum absolute atomic E-state index is 0.278. The Hall–Kier alpha value is -2.36. The van der Waals surface area contributed by atoms with Crippen molar-refractivity contribution < 1.29 is 13.0 Å². The molecule has 0 amide bonds. The molecule has 6 heteroatoms. The third-order valence-corrected chi connectivity index (χ3v) is 5.45. The molecule has 0 fully saturated rings. The average Bonchev–Trinajstić information content (AvgIpc) is 2.53. The highest BCUT2D eigenvalue weighted by Crippen LogP contribution is 2.41. The molecular weight excluding hydrogens is 324 g/mol. The average molecular weight is 342 g/mol. The molecule has 1 atom stereocenters. The first-order chi connectivity index (χ1) is 11.2. The Kier molecular flexibility index (Phi) is 3.86. The zero-order valence-electron chi connectivity index (χ0n) is 13.4. The lowest BCUT2D eigenvalue weighted by atomic mass is 9.77. The summed E-state index contributed by atoms with van der Waals surface area (Å²) < 4.78 is 32.4. The lowest BCUT2D eigenvalue weighted by Crippen LogP contribution is -2.40. The van der Waals surface area contributed by atoms with E-state index in [1.165, 1.54) is 0 Å². The first-order valence-corrected chi connectivity index (χ1v) is 9.09. The maximum atomic E-state index is 11.5. The van der Waals surface area contributed by atoms with Gasteiger partial charge in [-0.05, 0) is 52.8 Å². The lowest BCUT2D eigenvalue weighted by molar-refractivity contribution is 0.419. The second-order valence-electron chi connectivity index (χ2n) is 6.69. The molecule has 0 aromatic heterocycles. The maximum Gasteiger partial charge on any atom is 0.286 e. The summed E-state index contributed by atoms with van der Waals surface area (Å²) in [6.07, 6.45) is 0.278. The second-order valence-corrected chi connectivity index (χ2v) is 8.29. The van der Waals surface area contributed by atoms with Crippen LogP contribution in [0.1, 0.15) is 31.4 Å². The number of hydrogen-bond donors (Lipinski definition) is 2. The van der Waals surface area contributed by atoms with Crippen molar-refractivity contribution in [3.8, 4) is 17.2 Å². The van der Waals surface area contributed by atoms with Gasteiger partial charge in [0.1, 0.15) is 0 Å². The summed E-state index contributed by atoms with van der Waals surface area (Å²) in [5, 5.41) is 10.9. The van der Waals surface area contributed by atoms with Gasteiger partial charge in [-0.15, -0.1) is 0 Å². The van der Waals surface area contributed by atoms with Crippen LogP contribution >= 0.6 is 0 Å². The number of fused-ring (bicyclic) bond motifs is 1. The molecule has 24 heavy (non-hydrogen) atoms. The molecule has 2 N–H and O–H groups in total. The Balaban J connectivity index is 2.07. The molecule has 124 valence electrons. The highest BCUT2D eigenvalue weighted by atomic mass is 32.2. The first kappa shape index (κ1) is 16.5. The SMILES string of the molecule is CC1(C)CC(S(=O)(=O)O)Nc2ccc(-c3cccc(C#N)c3)cc21. The van der Waals surface area contributed by atoms with Crippen LogP contribution in [-0.4, -0.2) is 18.3 Å². The number of benzene rings is 2. The third kappa shape index (κ3) is 3.01. The van der Waals surface area contributed by atoms with Crippen LogP contribution in [0.15, 0.2) is 42.5 Å². The van der Waals surface area contributed by atoms with Gasteiger partial charge in [-0.2, -0.15) is 13.7 Å². The number of hydrogen-bond acceptors (Lipinski definition) is 4. The van der Waals surface area contributed by atoms with E-state index in [2.05, 4.69) is 11.4 Å². The van der Waals surface area contributed by atoms with Crippen molar-refractivity contribution >= 4 is 15.8 Å². The van der Waals surface area contributed by atoms with Gasteiger partial charge >= 0.3 is 0 Å². The Morgan fingerprint density at radius 3 is 2.58 bits per heavy atom. The highest BCUT2D eigenvalue weighted by molar-refractivity contribution is 7.86. The molecule has 1 aliphatic heterocycles. The van der Waals surface area contributed by atoms with E-state index >= 15 is 0 Å². The van der Waals surface area contributed by atoms with E-state index in [-0.39, 0.29) is 6.42 Å². The predicted molar refractivity (Wildman–Crippen MR) is 93.2 cm³/mol. The minimum Gasteiger partial charge on any atom is -0.367 e. The van der Waals surface area contributed by atoms with Gasteiger partial charge in [0, 0.05) is 5.69 Å². The summed E-state index contributed by atoms with van der Waals surface area (Å²) in [7, 11) is -4.16. The van der Waals surface area contributed by atoms with Crippen molar-refractivity contribution in [2.75, 3.05) is 5.32 Å². The van der Waals surface area contributed by atoms with Gasteiger partial charge in [0.25, 0.3) is 10.1 Å². The van der Waals surface area contributed by atoms with E-state index in [0.29, 0.717) is 11.3 Å². The Labute approximate surface area is 141 Å². The van der Waals surface area contributed by atoms with Crippen LogP contribution in [-0.2, 0) is 15.5 Å². The Morgan fingerprint density at radius 1 is 1.21 bits per heavy atom. The summed E-state index contributed by atoms with van der Waals surface area (Å²) in [4.78, 5) is 0.